The summed E-state index contributed by atoms with van der Waals surface area (Å²) in [6.45, 7) is 1.60. The number of ether oxygens (including phenoxy) is 1. The highest BCUT2D eigenvalue weighted by atomic mass is 32.2. The van der Waals surface area contributed by atoms with Gasteiger partial charge in [0.15, 0.2) is 0 Å². The minimum absolute atomic E-state index is 0.00687. The number of hydrogen-bond acceptors (Lipinski definition) is 4. The first-order valence-corrected chi connectivity index (χ1v) is 12.3. The zero-order chi connectivity index (χ0) is 29.1. The first-order chi connectivity index (χ1) is 17.8. The van der Waals surface area contributed by atoms with E-state index in [0.717, 1.165) is 7.11 Å². The van der Waals surface area contributed by atoms with Crippen molar-refractivity contribution < 1.29 is 56.9 Å². The third-order valence-corrected chi connectivity index (χ3v) is 7.41. The Morgan fingerprint density at radius 3 is 1.85 bits per heavy atom. The van der Waals surface area contributed by atoms with E-state index in [-0.39, 0.29) is 28.5 Å². The van der Waals surface area contributed by atoms with Crippen molar-refractivity contribution in [3.63, 3.8) is 0 Å². The Balaban J connectivity index is 1.96. The molecule has 1 aliphatic rings. The van der Waals surface area contributed by atoms with Crippen LogP contribution < -0.4 is 4.74 Å². The molecular formula is C25H17F9O4S. The van der Waals surface area contributed by atoms with Crippen molar-refractivity contribution in [3.05, 3.63) is 81.9 Å². The van der Waals surface area contributed by atoms with Crippen molar-refractivity contribution in [2.24, 2.45) is 0 Å². The van der Waals surface area contributed by atoms with Crippen LogP contribution in [0, 0.1) is 6.92 Å². The van der Waals surface area contributed by atoms with Gasteiger partial charge in [-0.1, -0.05) is 17.7 Å². The number of benzene rings is 3. The summed E-state index contributed by atoms with van der Waals surface area (Å²) in [4.78, 5) is -0.357. The van der Waals surface area contributed by atoms with Gasteiger partial charge in [0.1, 0.15) is 16.7 Å². The molecule has 0 saturated heterocycles. The van der Waals surface area contributed by atoms with Gasteiger partial charge in [0.2, 0.25) is 0 Å². The van der Waals surface area contributed by atoms with Gasteiger partial charge in [-0.15, -0.1) is 0 Å². The van der Waals surface area contributed by atoms with Crippen LogP contribution in [0.3, 0.4) is 0 Å². The predicted molar refractivity (Wildman–Crippen MR) is 119 cm³/mol. The lowest BCUT2D eigenvalue weighted by Crippen LogP contribution is -2.13. The molecule has 4 nitrogen and oxygen atoms in total. The summed E-state index contributed by atoms with van der Waals surface area (Å²) in [6.07, 6.45) is -17.1. The van der Waals surface area contributed by atoms with Gasteiger partial charge in [0.05, 0.1) is 23.8 Å². The van der Waals surface area contributed by atoms with Crippen LogP contribution in [0.2, 0.25) is 0 Å². The van der Waals surface area contributed by atoms with Gasteiger partial charge >= 0.3 is 18.5 Å². The second kappa shape index (κ2) is 9.44. The standard InChI is InChI=1S/C25H17F9O4S/c1-12-3-4-21(39(35,36)37-2)19(5-12)20-9-14-8-17(25(32,33)34)11-18(22(14)38-20)13-6-15(23(26,27)28)10-16(7-13)24(29,30)31/h3-8,10-11,20H,9H2,1-2H3. The van der Waals surface area contributed by atoms with E-state index in [0.29, 0.717) is 29.8 Å². The lowest BCUT2D eigenvalue weighted by Gasteiger charge is -2.19. The monoisotopic (exact) mass is 584 g/mol. The Bertz CT molecular complexity index is 1510. The average Bonchev–Trinajstić information content (AvgIpc) is 3.25. The van der Waals surface area contributed by atoms with Gasteiger partial charge in [-0.05, 0) is 54.4 Å². The molecule has 4 rings (SSSR count). The van der Waals surface area contributed by atoms with E-state index in [4.69, 9.17) is 4.74 Å². The van der Waals surface area contributed by atoms with Gasteiger partial charge < -0.3 is 4.74 Å². The zero-order valence-corrected chi connectivity index (χ0v) is 20.7. The van der Waals surface area contributed by atoms with Gasteiger partial charge in [-0.25, -0.2) is 0 Å². The number of halogens is 9. The van der Waals surface area contributed by atoms with Gasteiger partial charge in [0, 0.05) is 17.5 Å². The van der Waals surface area contributed by atoms with Crippen LogP contribution in [0.1, 0.15) is 39.5 Å². The lowest BCUT2D eigenvalue weighted by atomic mass is 9.93. The molecule has 0 N–H and O–H groups in total. The highest BCUT2D eigenvalue weighted by molar-refractivity contribution is 7.86. The van der Waals surface area contributed by atoms with E-state index in [2.05, 4.69) is 4.18 Å². The van der Waals surface area contributed by atoms with E-state index in [1.165, 1.54) is 18.2 Å². The molecular weight excluding hydrogens is 567 g/mol. The highest BCUT2D eigenvalue weighted by Gasteiger charge is 2.40. The molecule has 0 fully saturated rings. The van der Waals surface area contributed by atoms with Gasteiger partial charge in [-0.3, -0.25) is 4.18 Å². The Hall–Kier alpha value is -3.26. The average molecular weight is 584 g/mol. The summed E-state index contributed by atoms with van der Waals surface area (Å²) in [6, 6.07) is 5.54. The number of fused-ring (bicyclic) bond motifs is 1. The molecule has 0 bridgehead atoms. The van der Waals surface area contributed by atoms with Crippen molar-refractivity contribution in [2.75, 3.05) is 7.11 Å². The van der Waals surface area contributed by atoms with Crippen molar-refractivity contribution >= 4 is 10.1 Å². The van der Waals surface area contributed by atoms with E-state index in [1.807, 2.05) is 0 Å². The fraction of sp³-hybridized carbons (Fsp3) is 0.280. The molecule has 210 valence electrons. The Kier molecular flexibility index (Phi) is 6.95. The SMILES string of the molecule is COS(=O)(=O)c1ccc(C)cc1C1Cc2cc(C(F)(F)F)cc(-c3cc(C(F)(F)F)cc(C(F)(F)F)c3)c2O1. The molecule has 3 aromatic carbocycles. The quantitative estimate of drug-likeness (QED) is 0.233. The van der Waals surface area contributed by atoms with Crippen LogP contribution in [0.25, 0.3) is 11.1 Å². The normalized spacial score (nSPS) is 16.2. The van der Waals surface area contributed by atoms with E-state index in [9.17, 15) is 47.9 Å². The minimum atomic E-state index is -5.24. The topological polar surface area (TPSA) is 52.6 Å². The molecule has 0 aromatic heterocycles. The first kappa shape index (κ1) is 28.7. The summed E-state index contributed by atoms with van der Waals surface area (Å²) in [5.74, 6) is -0.400. The molecule has 0 spiro atoms. The summed E-state index contributed by atoms with van der Waals surface area (Å²) in [5, 5.41) is 0. The minimum Gasteiger partial charge on any atom is -0.484 e. The van der Waals surface area contributed by atoms with E-state index >= 15 is 0 Å². The number of alkyl halides is 9. The molecule has 0 amide bonds. The molecule has 1 unspecified atom stereocenters. The molecule has 39 heavy (non-hydrogen) atoms. The van der Waals surface area contributed by atoms with Crippen LogP contribution in [0.5, 0.6) is 5.75 Å². The maximum Gasteiger partial charge on any atom is 0.416 e. The summed E-state index contributed by atoms with van der Waals surface area (Å²) in [7, 11) is -3.43. The zero-order valence-electron chi connectivity index (χ0n) is 19.8. The van der Waals surface area contributed by atoms with Crippen molar-refractivity contribution in [1.29, 1.82) is 0 Å². The smallest absolute Gasteiger partial charge is 0.416 e. The Morgan fingerprint density at radius 2 is 1.33 bits per heavy atom. The second-order valence-electron chi connectivity index (χ2n) is 8.78. The van der Waals surface area contributed by atoms with Crippen LogP contribution >= 0.6 is 0 Å². The molecule has 1 heterocycles. The van der Waals surface area contributed by atoms with Crippen LogP contribution in [0.4, 0.5) is 39.5 Å². The Labute approximate surface area is 216 Å². The molecule has 1 atom stereocenters. The van der Waals surface area contributed by atoms with Crippen molar-refractivity contribution in [2.45, 2.75) is 42.9 Å². The summed E-state index contributed by atoms with van der Waals surface area (Å²) < 4.78 is 157. The van der Waals surface area contributed by atoms with Gasteiger partial charge in [0.25, 0.3) is 10.1 Å². The van der Waals surface area contributed by atoms with Crippen LogP contribution in [-0.4, -0.2) is 15.5 Å². The molecule has 0 radical (unpaired) electrons. The highest BCUT2D eigenvalue weighted by Crippen LogP contribution is 2.49. The molecule has 0 aliphatic carbocycles. The van der Waals surface area contributed by atoms with Crippen molar-refractivity contribution in [1.82, 2.24) is 0 Å². The van der Waals surface area contributed by atoms with Gasteiger partial charge in [-0.2, -0.15) is 47.9 Å². The largest absolute Gasteiger partial charge is 0.484 e. The van der Waals surface area contributed by atoms with Crippen LogP contribution in [-0.2, 0) is 39.3 Å². The number of aryl methyl sites for hydroxylation is 1. The fourth-order valence-electron chi connectivity index (χ4n) is 4.26. The second-order valence-corrected chi connectivity index (χ2v) is 10.5. The van der Waals surface area contributed by atoms with Crippen LogP contribution in [0.15, 0.2) is 53.4 Å². The maximum atomic E-state index is 13.7. The molecule has 3 aromatic rings. The molecule has 0 saturated carbocycles. The fourth-order valence-corrected chi connectivity index (χ4v) is 5.16. The maximum absolute atomic E-state index is 13.7. The number of hydrogen-bond donors (Lipinski definition) is 0. The summed E-state index contributed by atoms with van der Waals surface area (Å²) in [5.41, 5.74) is -5.90. The van der Waals surface area contributed by atoms with E-state index in [1.54, 1.807) is 6.92 Å². The van der Waals surface area contributed by atoms with Crippen molar-refractivity contribution in [3.8, 4) is 16.9 Å². The van der Waals surface area contributed by atoms with E-state index < -0.39 is 68.3 Å². The molecule has 14 heteroatoms. The third-order valence-electron chi connectivity index (χ3n) is 6.06. The lowest BCUT2D eigenvalue weighted by molar-refractivity contribution is -0.143. The first-order valence-electron chi connectivity index (χ1n) is 10.9. The summed E-state index contributed by atoms with van der Waals surface area (Å²) >= 11 is 0. The Morgan fingerprint density at radius 1 is 0.795 bits per heavy atom. The molecule has 1 aliphatic heterocycles. The predicted octanol–water partition coefficient (Wildman–Crippen LogP) is 7.73. The number of rotatable bonds is 4. The third kappa shape index (κ3) is 5.71.